The van der Waals surface area contributed by atoms with Crippen LogP contribution in [-0.4, -0.2) is 38.4 Å². The minimum atomic E-state index is 0.688. The van der Waals surface area contributed by atoms with Gasteiger partial charge in [-0.1, -0.05) is 0 Å². The molecular formula is C22H20N2O4. The van der Waals surface area contributed by atoms with Gasteiger partial charge in [-0.05, 0) is 36.4 Å². The van der Waals surface area contributed by atoms with Gasteiger partial charge in [0.15, 0.2) is 11.5 Å². The molecule has 2 aromatic heterocycles. The number of nitrogens with one attached hydrogen (secondary N) is 2. The Bertz CT molecular complexity index is 1260. The first-order valence-electron chi connectivity index (χ1n) is 8.93. The Kier molecular flexibility index (Phi) is 3.55. The fraction of sp³-hybridized carbons (Fsp3) is 0.182. The summed E-state index contributed by atoms with van der Waals surface area (Å²) in [4.78, 5) is 7.07. The molecule has 5 aromatic rings. The topological polar surface area (TPSA) is 68.5 Å². The Morgan fingerprint density at radius 1 is 0.571 bits per heavy atom. The lowest BCUT2D eigenvalue weighted by atomic mass is 10.1. The lowest BCUT2D eigenvalue weighted by molar-refractivity contribution is 0.362. The SMILES string of the molecule is COc1ccc2[nH]c3c4[nH]c5ccc(OC)cc5c4c(OC)c(OC)c3c2c1. The predicted molar refractivity (Wildman–Crippen MR) is 111 cm³/mol. The molecular weight excluding hydrogens is 356 g/mol. The van der Waals surface area contributed by atoms with Crippen molar-refractivity contribution >= 4 is 43.6 Å². The van der Waals surface area contributed by atoms with E-state index in [1.807, 2.05) is 36.4 Å². The van der Waals surface area contributed by atoms with Crippen LogP contribution in [-0.2, 0) is 0 Å². The lowest BCUT2D eigenvalue weighted by Gasteiger charge is -2.12. The number of aromatic nitrogens is 2. The molecule has 0 radical (unpaired) electrons. The van der Waals surface area contributed by atoms with Crippen molar-refractivity contribution in [3.63, 3.8) is 0 Å². The summed E-state index contributed by atoms with van der Waals surface area (Å²) in [6.07, 6.45) is 0. The minimum absolute atomic E-state index is 0.688. The fourth-order valence-corrected chi connectivity index (χ4v) is 4.06. The number of ether oxygens (including phenoxy) is 4. The molecule has 0 spiro atoms. The van der Waals surface area contributed by atoms with Crippen molar-refractivity contribution in [2.24, 2.45) is 0 Å². The van der Waals surface area contributed by atoms with E-state index in [0.717, 1.165) is 55.1 Å². The molecule has 6 heteroatoms. The first-order valence-corrected chi connectivity index (χ1v) is 8.93. The van der Waals surface area contributed by atoms with E-state index >= 15 is 0 Å². The number of fused-ring (bicyclic) bond motifs is 7. The van der Waals surface area contributed by atoms with Crippen LogP contribution in [0.25, 0.3) is 43.6 Å². The van der Waals surface area contributed by atoms with Gasteiger partial charge in [0.2, 0.25) is 0 Å². The molecule has 3 aromatic carbocycles. The van der Waals surface area contributed by atoms with E-state index in [1.54, 1.807) is 28.4 Å². The van der Waals surface area contributed by atoms with Gasteiger partial charge in [-0.2, -0.15) is 0 Å². The van der Waals surface area contributed by atoms with Crippen molar-refractivity contribution in [1.29, 1.82) is 0 Å². The van der Waals surface area contributed by atoms with Crippen molar-refractivity contribution in [2.45, 2.75) is 0 Å². The van der Waals surface area contributed by atoms with E-state index in [2.05, 4.69) is 9.97 Å². The zero-order valence-electron chi connectivity index (χ0n) is 16.1. The van der Waals surface area contributed by atoms with Crippen molar-refractivity contribution in [3.05, 3.63) is 36.4 Å². The van der Waals surface area contributed by atoms with Crippen molar-refractivity contribution < 1.29 is 18.9 Å². The van der Waals surface area contributed by atoms with Crippen molar-refractivity contribution in [2.75, 3.05) is 28.4 Å². The summed E-state index contributed by atoms with van der Waals surface area (Å²) in [6, 6.07) is 11.9. The van der Waals surface area contributed by atoms with Gasteiger partial charge in [-0.15, -0.1) is 0 Å². The van der Waals surface area contributed by atoms with Gasteiger partial charge in [0.1, 0.15) is 11.5 Å². The maximum atomic E-state index is 5.84. The molecule has 0 atom stereocenters. The molecule has 0 amide bonds. The Hall–Kier alpha value is -3.54. The number of benzene rings is 3. The lowest BCUT2D eigenvalue weighted by Crippen LogP contribution is -1.93. The first-order chi connectivity index (χ1) is 13.7. The zero-order valence-corrected chi connectivity index (χ0v) is 16.1. The fourth-order valence-electron chi connectivity index (χ4n) is 4.06. The molecule has 0 unspecified atom stereocenters. The zero-order chi connectivity index (χ0) is 19.4. The van der Waals surface area contributed by atoms with E-state index in [4.69, 9.17) is 18.9 Å². The van der Waals surface area contributed by atoms with Gasteiger partial charge in [-0.3, -0.25) is 0 Å². The second-order valence-electron chi connectivity index (χ2n) is 6.64. The summed E-state index contributed by atoms with van der Waals surface area (Å²) in [5, 5.41) is 3.95. The highest BCUT2D eigenvalue weighted by Gasteiger charge is 2.23. The second-order valence-corrected chi connectivity index (χ2v) is 6.64. The van der Waals surface area contributed by atoms with E-state index < -0.39 is 0 Å². The molecule has 0 aliphatic carbocycles. The summed E-state index contributed by atoms with van der Waals surface area (Å²) >= 11 is 0. The molecule has 0 aliphatic rings. The molecule has 142 valence electrons. The van der Waals surface area contributed by atoms with Crippen LogP contribution < -0.4 is 18.9 Å². The molecule has 5 rings (SSSR count). The Morgan fingerprint density at radius 3 is 1.36 bits per heavy atom. The number of rotatable bonds is 4. The van der Waals surface area contributed by atoms with Gasteiger partial charge in [0.05, 0.1) is 50.2 Å². The highest BCUT2D eigenvalue weighted by atomic mass is 16.5. The molecule has 2 heterocycles. The molecule has 2 N–H and O–H groups in total. The Labute approximate surface area is 160 Å². The van der Waals surface area contributed by atoms with E-state index in [1.165, 1.54) is 0 Å². The van der Waals surface area contributed by atoms with Crippen LogP contribution in [0.2, 0.25) is 0 Å². The number of hydrogen-bond acceptors (Lipinski definition) is 4. The molecule has 28 heavy (non-hydrogen) atoms. The summed E-state index contributed by atoms with van der Waals surface area (Å²) in [5.74, 6) is 2.95. The molecule has 6 nitrogen and oxygen atoms in total. The quantitative estimate of drug-likeness (QED) is 0.464. The van der Waals surface area contributed by atoms with Crippen molar-refractivity contribution in [1.82, 2.24) is 9.97 Å². The maximum Gasteiger partial charge on any atom is 0.171 e. The number of hydrogen-bond donors (Lipinski definition) is 2. The second kappa shape index (κ2) is 5.99. The predicted octanol–water partition coefficient (Wildman–Crippen LogP) is 4.99. The largest absolute Gasteiger partial charge is 0.497 e. The number of methoxy groups -OCH3 is 4. The van der Waals surface area contributed by atoms with Gasteiger partial charge in [0, 0.05) is 21.8 Å². The minimum Gasteiger partial charge on any atom is -0.497 e. The number of H-pyrrole nitrogens is 2. The van der Waals surface area contributed by atoms with E-state index in [0.29, 0.717) is 11.5 Å². The van der Waals surface area contributed by atoms with Crippen LogP contribution in [0, 0.1) is 0 Å². The number of aromatic amines is 2. The van der Waals surface area contributed by atoms with Crippen LogP contribution in [0.5, 0.6) is 23.0 Å². The van der Waals surface area contributed by atoms with Gasteiger partial charge >= 0.3 is 0 Å². The van der Waals surface area contributed by atoms with Crippen LogP contribution in [0.1, 0.15) is 0 Å². The highest BCUT2D eigenvalue weighted by molar-refractivity contribution is 6.26. The van der Waals surface area contributed by atoms with Gasteiger partial charge < -0.3 is 28.9 Å². The third kappa shape index (κ3) is 2.08. The molecule has 0 aliphatic heterocycles. The van der Waals surface area contributed by atoms with E-state index in [-0.39, 0.29) is 0 Å². The molecule has 0 saturated carbocycles. The first kappa shape index (κ1) is 16.6. The standard InChI is InChI=1S/C22H20N2O4/c1-25-11-5-7-15-13(9-11)17-19(23-15)20-18(22(28-4)21(17)27-3)14-10-12(26-2)6-8-16(14)24-20/h5-10,23-24H,1-4H3. The average molecular weight is 376 g/mol. The normalized spacial score (nSPS) is 11.6. The summed E-state index contributed by atoms with van der Waals surface area (Å²) in [6.45, 7) is 0. The molecule has 0 saturated heterocycles. The van der Waals surface area contributed by atoms with Gasteiger partial charge in [0.25, 0.3) is 0 Å². The third-order valence-corrected chi connectivity index (χ3v) is 5.33. The molecule has 0 bridgehead atoms. The van der Waals surface area contributed by atoms with Crippen LogP contribution in [0.15, 0.2) is 36.4 Å². The maximum absolute atomic E-state index is 5.84. The third-order valence-electron chi connectivity index (χ3n) is 5.33. The van der Waals surface area contributed by atoms with Crippen LogP contribution >= 0.6 is 0 Å². The Morgan fingerprint density at radius 2 is 1.00 bits per heavy atom. The highest BCUT2D eigenvalue weighted by Crippen LogP contribution is 2.49. The van der Waals surface area contributed by atoms with Crippen LogP contribution in [0.3, 0.4) is 0 Å². The summed E-state index contributed by atoms with van der Waals surface area (Å²) in [7, 11) is 6.66. The Balaban J connectivity index is 2.05. The average Bonchev–Trinajstić information content (AvgIpc) is 3.30. The van der Waals surface area contributed by atoms with Crippen LogP contribution in [0.4, 0.5) is 0 Å². The summed E-state index contributed by atoms with van der Waals surface area (Å²) < 4.78 is 22.5. The van der Waals surface area contributed by atoms with Gasteiger partial charge in [-0.25, -0.2) is 0 Å². The van der Waals surface area contributed by atoms with Crippen molar-refractivity contribution in [3.8, 4) is 23.0 Å². The smallest absolute Gasteiger partial charge is 0.171 e. The van der Waals surface area contributed by atoms with E-state index in [9.17, 15) is 0 Å². The summed E-state index contributed by atoms with van der Waals surface area (Å²) in [5.41, 5.74) is 3.93. The monoisotopic (exact) mass is 376 g/mol. The molecule has 0 fully saturated rings.